The molecule has 0 radical (unpaired) electrons. The lowest BCUT2D eigenvalue weighted by molar-refractivity contribution is 0.317. The third kappa shape index (κ3) is 1.93. The zero-order chi connectivity index (χ0) is 7.56. The molecule has 0 spiro atoms. The van der Waals surface area contributed by atoms with Gasteiger partial charge in [-0.2, -0.15) is 0 Å². The molecule has 60 valence electrons. The highest BCUT2D eigenvalue weighted by atomic mass is 32.2. The molecule has 0 bridgehead atoms. The topological polar surface area (TPSA) is 49.4 Å². The molecule has 0 saturated carbocycles. The number of piperazine rings is 1. The summed E-state index contributed by atoms with van der Waals surface area (Å²) in [4.78, 5) is 0. The Labute approximate surface area is 62.3 Å². The van der Waals surface area contributed by atoms with Crippen molar-refractivity contribution in [3.05, 3.63) is 0 Å². The average molecular weight is 164 g/mol. The van der Waals surface area contributed by atoms with Crippen LogP contribution in [0.3, 0.4) is 0 Å². The van der Waals surface area contributed by atoms with Crippen LogP contribution >= 0.6 is 0 Å². The maximum Gasteiger partial charge on any atom is 0.204 e. The van der Waals surface area contributed by atoms with E-state index in [9.17, 15) is 8.42 Å². The third-order valence-corrected chi connectivity index (χ3v) is 2.40. The molecule has 0 aromatic heterocycles. The molecule has 1 aliphatic heterocycles. The lowest BCUT2D eigenvalue weighted by Gasteiger charge is -2.26. The zero-order valence-electron chi connectivity index (χ0n) is 5.91. The molecule has 5 heteroatoms. The smallest absolute Gasteiger partial charge is 0.204 e. The van der Waals surface area contributed by atoms with Gasteiger partial charge in [-0.3, -0.25) is 0 Å². The molecule has 0 aromatic carbocycles. The van der Waals surface area contributed by atoms with Crippen LogP contribution < -0.4 is 5.32 Å². The van der Waals surface area contributed by atoms with Crippen LogP contribution in [0.25, 0.3) is 0 Å². The highest BCUT2D eigenvalue weighted by molar-refractivity contribution is 7.69. The summed E-state index contributed by atoms with van der Waals surface area (Å²) in [6, 6.07) is 0.293. The van der Waals surface area contributed by atoms with Gasteiger partial charge in [-0.1, -0.05) is 0 Å². The van der Waals surface area contributed by atoms with Crippen LogP contribution in [0.15, 0.2) is 0 Å². The van der Waals surface area contributed by atoms with Gasteiger partial charge in [0.05, 0.1) is 0 Å². The Morgan fingerprint density at radius 3 is 2.70 bits per heavy atom. The lowest BCUT2D eigenvalue weighted by Crippen LogP contribution is -2.48. The minimum atomic E-state index is -2.35. The molecule has 1 atom stereocenters. The second-order valence-electron chi connectivity index (χ2n) is 2.51. The quantitative estimate of drug-likeness (QED) is 0.479. The van der Waals surface area contributed by atoms with Gasteiger partial charge in [0.25, 0.3) is 0 Å². The molecule has 1 saturated heterocycles. The van der Waals surface area contributed by atoms with E-state index >= 15 is 0 Å². The van der Waals surface area contributed by atoms with Crippen LogP contribution in [0.4, 0.5) is 0 Å². The first-order chi connectivity index (χ1) is 4.70. The second-order valence-corrected chi connectivity index (χ2v) is 3.55. The molecule has 1 rings (SSSR count). The first-order valence-electron chi connectivity index (χ1n) is 3.33. The Bertz CT molecular complexity index is 172. The molecule has 0 amide bonds. The number of rotatable bonds is 1. The number of nitrogens with zero attached hydrogens (tertiary/aromatic N) is 1. The molecular formula is C5H12N2O2S. The molecule has 1 heterocycles. The molecule has 1 N–H and O–H groups in total. The largest absolute Gasteiger partial charge is 0.312 e. The number of hydrogen-bond donors (Lipinski definition) is 2. The molecule has 4 nitrogen and oxygen atoms in total. The first-order valence-corrected chi connectivity index (χ1v) is 4.46. The summed E-state index contributed by atoms with van der Waals surface area (Å²) in [5.41, 5.74) is 0. The van der Waals surface area contributed by atoms with Crippen molar-refractivity contribution in [2.45, 2.75) is 13.0 Å². The van der Waals surface area contributed by atoms with E-state index < -0.39 is 10.9 Å². The van der Waals surface area contributed by atoms with E-state index in [4.69, 9.17) is 0 Å². The van der Waals surface area contributed by atoms with Crippen LogP contribution in [0.5, 0.6) is 0 Å². The zero-order valence-corrected chi connectivity index (χ0v) is 6.80. The van der Waals surface area contributed by atoms with Gasteiger partial charge in [0.2, 0.25) is 10.9 Å². The van der Waals surface area contributed by atoms with Gasteiger partial charge >= 0.3 is 0 Å². The van der Waals surface area contributed by atoms with Crippen molar-refractivity contribution in [3.8, 4) is 0 Å². The van der Waals surface area contributed by atoms with Crippen molar-refractivity contribution in [3.63, 3.8) is 0 Å². The summed E-state index contributed by atoms with van der Waals surface area (Å²) >= 11 is 0. The SMILES string of the molecule is CC1CN([SH](=O)=O)CCN1. The van der Waals surface area contributed by atoms with E-state index in [-0.39, 0.29) is 0 Å². The highest BCUT2D eigenvalue weighted by Gasteiger charge is 2.16. The Morgan fingerprint density at radius 2 is 2.30 bits per heavy atom. The Hall–Kier alpha value is -0.130. The molecule has 0 aromatic rings. The maximum absolute atomic E-state index is 10.4. The number of thiol groups is 1. The molecule has 1 fully saturated rings. The van der Waals surface area contributed by atoms with Crippen LogP contribution in [-0.4, -0.2) is 38.4 Å². The molecule has 10 heavy (non-hydrogen) atoms. The normalized spacial score (nSPS) is 29.2. The summed E-state index contributed by atoms with van der Waals surface area (Å²) in [5, 5.41) is 3.16. The minimum absolute atomic E-state index is 0.293. The standard InChI is InChI=1S/C5H12N2O2S/c1-5-4-7(10(8)9)3-2-6-5/h5-6,10H,2-4H2,1H3. The van der Waals surface area contributed by atoms with Gasteiger partial charge in [0.15, 0.2) is 0 Å². The van der Waals surface area contributed by atoms with E-state index in [1.807, 2.05) is 6.92 Å². The van der Waals surface area contributed by atoms with Gasteiger partial charge in [-0.25, -0.2) is 12.7 Å². The first kappa shape index (κ1) is 7.97. The average Bonchev–Trinajstić information content (AvgIpc) is 1.88. The molecular weight excluding hydrogens is 152 g/mol. The lowest BCUT2D eigenvalue weighted by atomic mass is 10.3. The highest BCUT2D eigenvalue weighted by Crippen LogP contribution is 1.96. The van der Waals surface area contributed by atoms with Crippen molar-refractivity contribution in [1.29, 1.82) is 0 Å². The van der Waals surface area contributed by atoms with Crippen LogP contribution in [0.1, 0.15) is 6.92 Å². The van der Waals surface area contributed by atoms with E-state index in [1.165, 1.54) is 4.31 Å². The fraction of sp³-hybridized carbons (Fsp3) is 1.00. The fourth-order valence-corrected chi connectivity index (χ4v) is 1.70. The predicted octanol–water partition coefficient (Wildman–Crippen LogP) is -1.19. The van der Waals surface area contributed by atoms with Gasteiger partial charge in [-0.15, -0.1) is 0 Å². The summed E-state index contributed by atoms with van der Waals surface area (Å²) in [6.07, 6.45) is 0. The van der Waals surface area contributed by atoms with E-state index in [2.05, 4.69) is 5.32 Å². The molecule has 1 aliphatic rings. The predicted molar refractivity (Wildman–Crippen MR) is 39.4 cm³/mol. The van der Waals surface area contributed by atoms with Crippen LogP contribution in [0.2, 0.25) is 0 Å². The summed E-state index contributed by atoms with van der Waals surface area (Å²) in [7, 11) is -2.35. The summed E-state index contributed by atoms with van der Waals surface area (Å²) < 4.78 is 22.3. The van der Waals surface area contributed by atoms with Crippen molar-refractivity contribution < 1.29 is 8.42 Å². The van der Waals surface area contributed by atoms with Gasteiger partial charge in [0, 0.05) is 25.7 Å². The van der Waals surface area contributed by atoms with Crippen LogP contribution in [0, 0.1) is 0 Å². The maximum atomic E-state index is 10.4. The number of hydrogen-bond acceptors (Lipinski definition) is 3. The number of nitrogens with one attached hydrogen (secondary N) is 1. The van der Waals surface area contributed by atoms with Crippen molar-refractivity contribution >= 4 is 10.9 Å². The van der Waals surface area contributed by atoms with Crippen molar-refractivity contribution in [2.24, 2.45) is 0 Å². The van der Waals surface area contributed by atoms with Crippen molar-refractivity contribution in [1.82, 2.24) is 9.62 Å². The monoisotopic (exact) mass is 164 g/mol. The minimum Gasteiger partial charge on any atom is -0.312 e. The Morgan fingerprint density at radius 1 is 1.60 bits per heavy atom. The third-order valence-electron chi connectivity index (χ3n) is 1.58. The Balaban J connectivity index is 2.47. The second kappa shape index (κ2) is 3.32. The molecule has 0 aliphatic carbocycles. The summed E-state index contributed by atoms with van der Waals surface area (Å²) in [5.74, 6) is 0. The van der Waals surface area contributed by atoms with Crippen molar-refractivity contribution in [2.75, 3.05) is 19.6 Å². The van der Waals surface area contributed by atoms with E-state index in [0.717, 1.165) is 6.54 Å². The van der Waals surface area contributed by atoms with Crippen LogP contribution in [-0.2, 0) is 10.9 Å². The van der Waals surface area contributed by atoms with E-state index in [0.29, 0.717) is 19.1 Å². The molecule has 1 unspecified atom stereocenters. The van der Waals surface area contributed by atoms with E-state index in [1.54, 1.807) is 0 Å². The van der Waals surface area contributed by atoms with Gasteiger partial charge in [0.1, 0.15) is 0 Å². The Kier molecular flexibility index (Phi) is 2.64. The fourth-order valence-electron chi connectivity index (χ4n) is 1.06. The van der Waals surface area contributed by atoms with Gasteiger partial charge < -0.3 is 5.32 Å². The van der Waals surface area contributed by atoms with Gasteiger partial charge in [-0.05, 0) is 6.92 Å². The summed E-state index contributed by atoms with van der Waals surface area (Å²) in [6.45, 7) is 3.97.